The summed E-state index contributed by atoms with van der Waals surface area (Å²) in [5.41, 5.74) is -0.590. The van der Waals surface area contributed by atoms with Crippen LogP contribution in [0.15, 0.2) is 23.1 Å². The number of carboxylic acid groups (broad SMARTS) is 1. The molecule has 0 aliphatic heterocycles. The fourth-order valence-electron chi connectivity index (χ4n) is 2.48. The van der Waals surface area contributed by atoms with Crippen molar-refractivity contribution in [1.29, 1.82) is 0 Å². The Bertz CT molecular complexity index is 636. The molecular weight excluding hydrogens is 302 g/mol. The molecule has 1 aliphatic carbocycles. The van der Waals surface area contributed by atoms with Crippen molar-refractivity contribution in [3.05, 3.63) is 28.8 Å². The minimum atomic E-state index is -3.83. The van der Waals surface area contributed by atoms with Gasteiger partial charge < -0.3 is 5.11 Å². The smallest absolute Gasteiger partial charge is 0.335 e. The van der Waals surface area contributed by atoms with Crippen LogP contribution in [0.5, 0.6) is 0 Å². The molecule has 7 heteroatoms. The first kappa shape index (κ1) is 15.3. The van der Waals surface area contributed by atoms with Gasteiger partial charge in [0, 0.05) is 5.54 Å². The van der Waals surface area contributed by atoms with Crippen LogP contribution in [0.2, 0.25) is 5.02 Å². The quantitative estimate of drug-likeness (QED) is 0.894. The number of aromatic carboxylic acids is 1. The Morgan fingerprint density at radius 1 is 1.35 bits per heavy atom. The van der Waals surface area contributed by atoms with Gasteiger partial charge in [0.05, 0.1) is 10.6 Å². The maximum Gasteiger partial charge on any atom is 0.335 e. The summed E-state index contributed by atoms with van der Waals surface area (Å²) in [5, 5.41) is 8.96. The lowest BCUT2D eigenvalue weighted by Gasteiger charge is -2.25. The van der Waals surface area contributed by atoms with E-state index in [1.165, 1.54) is 12.1 Å². The summed E-state index contributed by atoms with van der Waals surface area (Å²) in [6.45, 7) is 1.85. The van der Waals surface area contributed by atoms with E-state index in [2.05, 4.69) is 4.72 Å². The zero-order valence-corrected chi connectivity index (χ0v) is 12.6. The third kappa shape index (κ3) is 3.13. The van der Waals surface area contributed by atoms with Gasteiger partial charge in [-0.25, -0.2) is 17.9 Å². The largest absolute Gasteiger partial charge is 0.478 e. The average molecular weight is 318 g/mol. The number of hydrogen-bond donors (Lipinski definition) is 2. The third-order valence-electron chi connectivity index (χ3n) is 3.56. The van der Waals surface area contributed by atoms with E-state index in [1.54, 1.807) is 0 Å². The molecular formula is C13H16ClNO4S. The second-order valence-corrected chi connectivity index (χ2v) is 7.38. The molecule has 0 bridgehead atoms. The van der Waals surface area contributed by atoms with Crippen LogP contribution in [0.3, 0.4) is 0 Å². The Balaban J connectivity index is 2.38. The number of hydrogen-bond acceptors (Lipinski definition) is 3. The van der Waals surface area contributed by atoms with E-state index in [1.807, 2.05) is 6.92 Å². The lowest BCUT2D eigenvalue weighted by molar-refractivity contribution is 0.0696. The molecule has 0 atom stereocenters. The summed E-state index contributed by atoms with van der Waals surface area (Å²) >= 11 is 5.90. The van der Waals surface area contributed by atoms with Crippen LogP contribution >= 0.6 is 11.6 Å². The highest BCUT2D eigenvalue weighted by Gasteiger charge is 2.34. The van der Waals surface area contributed by atoms with E-state index in [0.717, 1.165) is 31.7 Å². The van der Waals surface area contributed by atoms with E-state index < -0.39 is 21.5 Å². The monoisotopic (exact) mass is 317 g/mol. The number of rotatable bonds is 4. The van der Waals surface area contributed by atoms with Gasteiger partial charge in [0.15, 0.2) is 0 Å². The highest BCUT2D eigenvalue weighted by atomic mass is 35.5. The predicted octanol–water partition coefficient (Wildman–Crippen LogP) is 2.65. The second-order valence-electron chi connectivity index (χ2n) is 5.32. The molecule has 1 aliphatic rings. The molecule has 1 aromatic carbocycles. The van der Waals surface area contributed by atoms with Crippen LogP contribution in [-0.4, -0.2) is 25.0 Å². The van der Waals surface area contributed by atoms with E-state index >= 15 is 0 Å². The standard InChI is InChI=1S/C13H16ClNO4S/c1-13(6-2-3-7-13)15-20(18,19)11-8-9(12(16)17)4-5-10(11)14/h4-5,8,15H,2-3,6-7H2,1H3,(H,16,17). The van der Waals surface area contributed by atoms with Crippen molar-refractivity contribution in [2.75, 3.05) is 0 Å². The first-order valence-electron chi connectivity index (χ1n) is 6.30. The van der Waals surface area contributed by atoms with Gasteiger partial charge in [-0.2, -0.15) is 0 Å². The van der Waals surface area contributed by atoms with Crippen molar-refractivity contribution < 1.29 is 18.3 Å². The molecule has 0 spiro atoms. The van der Waals surface area contributed by atoms with Crippen molar-refractivity contribution in [1.82, 2.24) is 4.72 Å². The number of benzene rings is 1. The predicted molar refractivity (Wildman–Crippen MR) is 75.6 cm³/mol. The summed E-state index contributed by atoms with van der Waals surface area (Å²) in [7, 11) is -3.83. The highest BCUT2D eigenvalue weighted by Crippen LogP contribution is 2.32. The van der Waals surface area contributed by atoms with Crippen LogP contribution in [0.1, 0.15) is 43.0 Å². The molecule has 0 unspecified atom stereocenters. The van der Waals surface area contributed by atoms with Gasteiger partial charge in [-0.1, -0.05) is 24.4 Å². The maximum atomic E-state index is 12.4. The van der Waals surface area contributed by atoms with Crippen molar-refractivity contribution in [3.63, 3.8) is 0 Å². The van der Waals surface area contributed by atoms with Crippen molar-refractivity contribution in [3.8, 4) is 0 Å². The zero-order valence-electron chi connectivity index (χ0n) is 11.0. The zero-order chi connectivity index (χ0) is 15.0. The van der Waals surface area contributed by atoms with Crippen molar-refractivity contribution in [2.24, 2.45) is 0 Å². The minimum Gasteiger partial charge on any atom is -0.478 e. The average Bonchev–Trinajstić information content (AvgIpc) is 2.74. The van der Waals surface area contributed by atoms with Gasteiger partial charge in [-0.3, -0.25) is 0 Å². The Kier molecular flexibility index (Phi) is 4.09. The van der Waals surface area contributed by atoms with Crippen LogP contribution in [0.4, 0.5) is 0 Å². The van der Waals surface area contributed by atoms with Gasteiger partial charge in [-0.05, 0) is 38.0 Å². The Labute approximate surface area is 123 Å². The second kappa shape index (κ2) is 5.35. The molecule has 0 amide bonds. The lowest BCUT2D eigenvalue weighted by Crippen LogP contribution is -2.43. The molecule has 110 valence electrons. The van der Waals surface area contributed by atoms with Gasteiger partial charge in [0.25, 0.3) is 0 Å². The van der Waals surface area contributed by atoms with E-state index in [-0.39, 0.29) is 15.5 Å². The first-order chi connectivity index (χ1) is 9.23. The fourth-order valence-corrected chi connectivity index (χ4v) is 4.47. The Morgan fingerprint density at radius 2 is 1.95 bits per heavy atom. The summed E-state index contributed by atoms with van der Waals surface area (Å²) < 4.78 is 27.5. The molecule has 0 saturated heterocycles. The molecule has 2 N–H and O–H groups in total. The first-order valence-corrected chi connectivity index (χ1v) is 8.16. The number of halogens is 1. The van der Waals surface area contributed by atoms with Crippen molar-refractivity contribution >= 4 is 27.6 Å². The van der Waals surface area contributed by atoms with Crippen LogP contribution in [0, 0.1) is 0 Å². The molecule has 2 rings (SSSR count). The van der Waals surface area contributed by atoms with Gasteiger partial charge in [0.2, 0.25) is 10.0 Å². The molecule has 0 heterocycles. The highest BCUT2D eigenvalue weighted by molar-refractivity contribution is 7.89. The van der Waals surface area contributed by atoms with E-state index in [9.17, 15) is 13.2 Å². The maximum absolute atomic E-state index is 12.4. The van der Waals surface area contributed by atoms with Gasteiger partial charge in [-0.15, -0.1) is 0 Å². The van der Waals surface area contributed by atoms with Crippen molar-refractivity contribution in [2.45, 2.75) is 43.0 Å². The fraction of sp³-hybridized carbons (Fsp3) is 0.462. The van der Waals surface area contributed by atoms with Crippen LogP contribution < -0.4 is 4.72 Å². The Morgan fingerprint density at radius 3 is 2.50 bits per heavy atom. The summed E-state index contributed by atoms with van der Waals surface area (Å²) in [6.07, 6.45) is 3.48. The summed E-state index contributed by atoms with van der Waals surface area (Å²) in [6, 6.07) is 3.66. The molecule has 0 radical (unpaired) electrons. The molecule has 1 fully saturated rings. The van der Waals surface area contributed by atoms with E-state index in [4.69, 9.17) is 16.7 Å². The molecule has 0 aromatic heterocycles. The Hall–Kier alpha value is -1.11. The minimum absolute atomic E-state index is 0.0177. The molecule has 1 aromatic rings. The van der Waals surface area contributed by atoms with Gasteiger partial charge >= 0.3 is 5.97 Å². The molecule has 20 heavy (non-hydrogen) atoms. The normalized spacial score (nSPS) is 18.1. The SMILES string of the molecule is CC1(NS(=O)(=O)c2cc(C(=O)O)ccc2Cl)CCCC1. The topological polar surface area (TPSA) is 83.5 Å². The van der Waals surface area contributed by atoms with Crippen LogP contribution in [-0.2, 0) is 10.0 Å². The third-order valence-corrected chi connectivity index (χ3v) is 5.68. The summed E-state index contributed by atoms with van der Waals surface area (Å²) in [5.74, 6) is -1.19. The number of carboxylic acids is 1. The number of carbonyl (C=O) groups is 1. The lowest BCUT2D eigenvalue weighted by atomic mass is 10.0. The summed E-state index contributed by atoms with van der Waals surface area (Å²) in [4.78, 5) is 10.8. The molecule has 5 nitrogen and oxygen atoms in total. The van der Waals surface area contributed by atoms with E-state index in [0.29, 0.717) is 0 Å². The number of sulfonamides is 1. The number of nitrogens with one attached hydrogen (secondary N) is 1. The van der Waals surface area contributed by atoms with Gasteiger partial charge in [0.1, 0.15) is 4.90 Å². The van der Waals surface area contributed by atoms with Crippen LogP contribution in [0.25, 0.3) is 0 Å². The molecule has 1 saturated carbocycles.